The molecule has 0 radical (unpaired) electrons. The van der Waals surface area contributed by atoms with Crippen molar-refractivity contribution in [1.82, 2.24) is 0 Å². The lowest BCUT2D eigenvalue weighted by Crippen LogP contribution is -2.13. The molecule has 6 nitrogen and oxygen atoms in total. The van der Waals surface area contributed by atoms with Crippen molar-refractivity contribution in [2.45, 2.75) is 12.8 Å². The second-order valence-corrected chi connectivity index (χ2v) is 7.10. The number of hydrogen-bond acceptors (Lipinski definition) is 4. The minimum atomic E-state index is -3.31. The van der Waals surface area contributed by atoms with E-state index in [2.05, 4.69) is 10.0 Å². The smallest absolute Gasteiger partial charge is 0.229 e. The summed E-state index contributed by atoms with van der Waals surface area (Å²) in [5.74, 6) is 0.656. The van der Waals surface area contributed by atoms with E-state index >= 15 is 0 Å². The molecule has 1 amide bonds. The summed E-state index contributed by atoms with van der Waals surface area (Å²) in [7, 11) is -1.70. The predicted octanol–water partition coefficient (Wildman–Crippen LogP) is 2.64. The van der Waals surface area contributed by atoms with Crippen LogP contribution in [0.4, 0.5) is 11.4 Å². The van der Waals surface area contributed by atoms with Gasteiger partial charge in [-0.25, -0.2) is 8.42 Å². The zero-order valence-corrected chi connectivity index (χ0v) is 14.4. The molecular weight excluding hydrogens is 328 g/mol. The molecule has 0 spiro atoms. The van der Waals surface area contributed by atoms with Crippen LogP contribution in [0.15, 0.2) is 48.5 Å². The first-order chi connectivity index (χ1) is 11.4. The lowest BCUT2D eigenvalue weighted by Gasteiger charge is -2.08. The molecule has 128 valence electrons. The van der Waals surface area contributed by atoms with E-state index in [0.29, 0.717) is 24.2 Å². The fourth-order valence-corrected chi connectivity index (χ4v) is 2.71. The largest absolute Gasteiger partial charge is 0.497 e. The monoisotopic (exact) mass is 348 g/mol. The Hall–Kier alpha value is -2.54. The van der Waals surface area contributed by atoms with Crippen LogP contribution in [0.2, 0.25) is 0 Å². The summed E-state index contributed by atoms with van der Waals surface area (Å²) >= 11 is 0. The molecule has 0 aliphatic carbocycles. The maximum absolute atomic E-state index is 12.0. The van der Waals surface area contributed by atoms with Gasteiger partial charge in [0, 0.05) is 17.8 Å². The first-order valence-electron chi connectivity index (χ1n) is 7.36. The zero-order valence-electron chi connectivity index (χ0n) is 13.6. The Morgan fingerprint density at radius 2 is 1.75 bits per heavy atom. The van der Waals surface area contributed by atoms with Crippen LogP contribution in [-0.4, -0.2) is 27.7 Å². The Balaban J connectivity index is 1.87. The molecule has 2 aromatic carbocycles. The summed E-state index contributed by atoms with van der Waals surface area (Å²) in [6, 6.07) is 14.1. The second-order valence-electron chi connectivity index (χ2n) is 5.35. The van der Waals surface area contributed by atoms with Crippen molar-refractivity contribution < 1.29 is 17.9 Å². The maximum atomic E-state index is 12.0. The lowest BCUT2D eigenvalue weighted by atomic mass is 10.1. The molecule has 0 heterocycles. The van der Waals surface area contributed by atoms with Gasteiger partial charge in [-0.15, -0.1) is 0 Å². The molecule has 0 saturated carbocycles. The van der Waals surface area contributed by atoms with Crippen molar-refractivity contribution in [2.75, 3.05) is 23.4 Å². The Morgan fingerprint density at radius 3 is 2.38 bits per heavy atom. The average Bonchev–Trinajstić information content (AvgIpc) is 2.54. The first-order valence-corrected chi connectivity index (χ1v) is 9.25. The molecule has 0 aliphatic rings. The highest BCUT2D eigenvalue weighted by molar-refractivity contribution is 7.92. The third-order valence-electron chi connectivity index (χ3n) is 3.25. The van der Waals surface area contributed by atoms with Gasteiger partial charge in [-0.3, -0.25) is 9.52 Å². The van der Waals surface area contributed by atoms with Crippen molar-refractivity contribution in [3.05, 3.63) is 54.1 Å². The number of benzene rings is 2. The summed E-state index contributed by atoms with van der Waals surface area (Å²) in [5.41, 5.74) is 2.09. The number of amides is 1. The van der Waals surface area contributed by atoms with E-state index in [0.717, 1.165) is 17.6 Å². The average molecular weight is 348 g/mol. The fourth-order valence-electron chi connectivity index (χ4n) is 2.15. The summed E-state index contributed by atoms with van der Waals surface area (Å²) in [6.07, 6.45) is 2.04. The van der Waals surface area contributed by atoms with E-state index in [9.17, 15) is 13.2 Å². The number of nitrogens with one attached hydrogen (secondary N) is 2. The second kappa shape index (κ2) is 7.83. The highest BCUT2D eigenvalue weighted by Gasteiger charge is 2.05. The minimum Gasteiger partial charge on any atom is -0.497 e. The molecule has 0 aliphatic heterocycles. The van der Waals surface area contributed by atoms with Crippen LogP contribution < -0.4 is 14.8 Å². The van der Waals surface area contributed by atoms with Gasteiger partial charge in [-0.05, 0) is 48.4 Å². The number of ether oxygens (including phenoxy) is 1. The summed E-state index contributed by atoms with van der Waals surface area (Å²) < 4.78 is 29.8. The van der Waals surface area contributed by atoms with Gasteiger partial charge in [0.05, 0.1) is 13.4 Å². The van der Waals surface area contributed by atoms with Crippen molar-refractivity contribution in [3.63, 3.8) is 0 Å². The molecule has 2 aromatic rings. The van der Waals surface area contributed by atoms with Crippen molar-refractivity contribution in [2.24, 2.45) is 0 Å². The van der Waals surface area contributed by atoms with E-state index in [1.807, 2.05) is 24.3 Å². The molecule has 7 heteroatoms. The van der Waals surface area contributed by atoms with Gasteiger partial charge in [0.2, 0.25) is 15.9 Å². The third-order valence-corrected chi connectivity index (χ3v) is 3.85. The van der Waals surface area contributed by atoms with Crippen LogP contribution in [0.25, 0.3) is 0 Å². The summed E-state index contributed by atoms with van der Waals surface area (Å²) in [6.45, 7) is 0. The molecule has 0 atom stereocenters. The van der Waals surface area contributed by atoms with Gasteiger partial charge < -0.3 is 10.1 Å². The lowest BCUT2D eigenvalue weighted by molar-refractivity contribution is -0.116. The fraction of sp³-hybridized carbons (Fsp3) is 0.235. The summed E-state index contributed by atoms with van der Waals surface area (Å²) in [4.78, 5) is 12.0. The highest BCUT2D eigenvalue weighted by atomic mass is 32.2. The van der Waals surface area contributed by atoms with Gasteiger partial charge in [-0.2, -0.15) is 0 Å². The van der Waals surface area contributed by atoms with E-state index in [1.54, 1.807) is 31.4 Å². The first kappa shape index (κ1) is 17.8. The van der Waals surface area contributed by atoms with Crippen molar-refractivity contribution >= 4 is 27.3 Å². The van der Waals surface area contributed by atoms with E-state index in [-0.39, 0.29) is 5.91 Å². The van der Waals surface area contributed by atoms with Crippen LogP contribution in [0.5, 0.6) is 5.75 Å². The molecule has 2 rings (SSSR count). The van der Waals surface area contributed by atoms with Crippen LogP contribution in [0, 0.1) is 0 Å². The van der Waals surface area contributed by atoms with Crippen LogP contribution in [0.3, 0.4) is 0 Å². The van der Waals surface area contributed by atoms with Gasteiger partial charge in [-0.1, -0.05) is 12.1 Å². The molecule has 0 aromatic heterocycles. The molecular formula is C17H20N2O4S. The van der Waals surface area contributed by atoms with Crippen LogP contribution in [0.1, 0.15) is 12.0 Å². The highest BCUT2D eigenvalue weighted by Crippen LogP contribution is 2.16. The molecule has 24 heavy (non-hydrogen) atoms. The number of aryl methyl sites for hydroxylation is 1. The number of carbonyl (C=O) groups is 1. The predicted molar refractivity (Wildman–Crippen MR) is 94.9 cm³/mol. The SMILES string of the molecule is COc1cccc(CCC(=O)Nc2ccc(NS(C)(=O)=O)cc2)c1. The number of anilines is 2. The van der Waals surface area contributed by atoms with E-state index < -0.39 is 10.0 Å². The normalized spacial score (nSPS) is 10.9. The molecule has 0 saturated heterocycles. The number of sulfonamides is 1. The maximum Gasteiger partial charge on any atom is 0.229 e. The molecule has 0 fully saturated rings. The quantitative estimate of drug-likeness (QED) is 0.805. The molecule has 0 unspecified atom stereocenters. The van der Waals surface area contributed by atoms with Gasteiger partial charge in [0.1, 0.15) is 5.75 Å². The van der Waals surface area contributed by atoms with Gasteiger partial charge in [0.15, 0.2) is 0 Å². The van der Waals surface area contributed by atoms with Gasteiger partial charge in [0.25, 0.3) is 0 Å². The standard InChI is InChI=1S/C17H20N2O4S/c1-23-16-5-3-4-13(12-16)6-11-17(20)18-14-7-9-15(10-8-14)19-24(2,21)22/h3-5,7-10,12,19H,6,11H2,1-2H3,(H,18,20). The number of carbonyl (C=O) groups excluding carboxylic acids is 1. The zero-order chi connectivity index (χ0) is 17.6. The molecule has 2 N–H and O–H groups in total. The van der Waals surface area contributed by atoms with Crippen LogP contribution in [-0.2, 0) is 21.2 Å². The Labute approximate surface area is 141 Å². The topological polar surface area (TPSA) is 84.5 Å². The Bertz CT molecular complexity index is 802. The Kier molecular flexibility index (Phi) is 5.81. The van der Waals surface area contributed by atoms with Crippen LogP contribution >= 0.6 is 0 Å². The molecule has 0 bridgehead atoms. The Morgan fingerprint density at radius 1 is 1.08 bits per heavy atom. The number of methoxy groups -OCH3 is 1. The minimum absolute atomic E-state index is 0.110. The van der Waals surface area contributed by atoms with E-state index in [4.69, 9.17) is 4.74 Å². The van der Waals surface area contributed by atoms with Gasteiger partial charge >= 0.3 is 0 Å². The van der Waals surface area contributed by atoms with Crippen molar-refractivity contribution in [1.29, 1.82) is 0 Å². The third kappa shape index (κ3) is 5.92. The van der Waals surface area contributed by atoms with E-state index in [1.165, 1.54) is 0 Å². The number of rotatable bonds is 7. The summed E-state index contributed by atoms with van der Waals surface area (Å²) in [5, 5.41) is 2.78. The number of hydrogen-bond donors (Lipinski definition) is 2. The van der Waals surface area contributed by atoms with Crippen molar-refractivity contribution in [3.8, 4) is 5.75 Å².